The molecule has 1 fully saturated rings. The van der Waals surface area contributed by atoms with Gasteiger partial charge in [-0.15, -0.1) is 25.2 Å². The molecule has 30 heavy (non-hydrogen) atoms. The largest absolute Gasteiger partial charge is 0.330 e. The summed E-state index contributed by atoms with van der Waals surface area (Å²) in [5.41, 5.74) is 1.90. The zero-order valence-electron chi connectivity index (χ0n) is 16.2. The predicted octanol–water partition coefficient (Wildman–Crippen LogP) is 1.46. The average molecular weight is 399 g/mol. The number of benzene rings is 1. The second-order valence-electron chi connectivity index (χ2n) is 6.92. The Bertz CT molecular complexity index is 1220. The minimum atomic E-state index is -0.0597. The van der Waals surface area contributed by atoms with E-state index in [2.05, 4.69) is 46.5 Å². The Labute approximate surface area is 171 Å². The summed E-state index contributed by atoms with van der Waals surface area (Å²) in [6.45, 7) is 0.815. The molecule has 0 saturated carbocycles. The molecule has 148 valence electrons. The minimum absolute atomic E-state index is 0.0597. The Kier molecular flexibility index (Phi) is 4.36. The van der Waals surface area contributed by atoms with Gasteiger partial charge >= 0.3 is 0 Å². The van der Waals surface area contributed by atoms with E-state index < -0.39 is 0 Å². The quantitative estimate of drug-likeness (QED) is 0.501. The van der Waals surface area contributed by atoms with Crippen LogP contribution in [-0.2, 0) is 7.05 Å². The first-order valence-electron chi connectivity index (χ1n) is 9.47. The maximum absolute atomic E-state index is 9.11. The number of tetrazole rings is 1. The molecule has 11 nitrogen and oxygen atoms in total. The minimum Gasteiger partial charge on any atom is -0.330 e. The summed E-state index contributed by atoms with van der Waals surface area (Å²) in [4.78, 5) is 12.0. The lowest BCUT2D eigenvalue weighted by Crippen LogP contribution is -2.26. The smallest absolute Gasteiger partial charge is 0.227 e. The summed E-state index contributed by atoms with van der Waals surface area (Å²) in [5, 5.41) is 30.8. The van der Waals surface area contributed by atoms with Gasteiger partial charge in [0, 0.05) is 26.0 Å². The molecule has 1 atom stereocenters. The molecule has 0 amide bonds. The molecule has 0 spiro atoms. The van der Waals surface area contributed by atoms with Crippen molar-refractivity contribution >= 4 is 5.95 Å². The van der Waals surface area contributed by atoms with Crippen molar-refractivity contribution in [3.8, 4) is 23.3 Å². The summed E-state index contributed by atoms with van der Waals surface area (Å²) in [5.74, 6) is 1.98. The molecule has 4 aromatic rings. The summed E-state index contributed by atoms with van der Waals surface area (Å²) >= 11 is 0. The third-order valence-electron chi connectivity index (χ3n) is 5.09. The highest BCUT2D eigenvalue weighted by atomic mass is 15.6. The van der Waals surface area contributed by atoms with E-state index in [1.165, 1.54) is 4.80 Å². The number of nitriles is 1. The van der Waals surface area contributed by atoms with Crippen molar-refractivity contribution in [1.29, 1.82) is 5.26 Å². The van der Waals surface area contributed by atoms with E-state index in [1.807, 2.05) is 17.7 Å². The van der Waals surface area contributed by atoms with Crippen LogP contribution in [0.1, 0.15) is 30.3 Å². The molecule has 1 aliphatic rings. The third-order valence-corrected chi connectivity index (χ3v) is 5.09. The topological polar surface area (TPSA) is 127 Å². The molecule has 5 rings (SSSR count). The fourth-order valence-corrected chi connectivity index (χ4v) is 3.65. The maximum Gasteiger partial charge on any atom is 0.227 e. The van der Waals surface area contributed by atoms with Crippen molar-refractivity contribution in [2.24, 2.45) is 7.05 Å². The monoisotopic (exact) mass is 399 g/mol. The second-order valence-corrected chi connectivity index (χ2v) is 6.92. The summed E-state index contributed by atoms with van der Waals surface area (Å²) in [6, 6.07) is 9.17. The number of hydrogen-bond acceptors (Lipinski definition) is 9. The van der Waals surface area contributed by atoms with E-state index >= 15 is 0 Å². The van der Waals surface area contributed by atoms with E-state index in [0.717, 1.165) is 25.3 Å². The highest BCUT2D eigenvalue weighted by Gasteiger charge is 2.33. The van der Waals surface area contributed by atoms with Crippen molar-refractivity contribution in [2.45, 2.75) is 18.9 Å². The highest BCUT2D eigenvalue weighted by Crippen LogP contribution is 2.34. The summed E-state index contributed by atoms with van der Waals surface area (Å²) in [6.07, 6.45) is 6.79. The van der Waals surface area contributed by atoms with Gasteiger partial charge in [-0.1, -0.05) is 6.07 Å². The van der Waals surface area contributed by atoms with Gasteiger partial charge in [0.15, 0.2) is 11.6 Å². The second kappa shape index (κ2) is 7.32. The van der Waals surface area contributed by atoms with Crippen LogP contribution in [0.15, 0.2) is 42.9 Å². The van der Waals surface area contributed by atoms with Gasteiger partial charge in [0.05, 0.1) is 29.6 Å². The van der Waals surface area contributed by atoms with Crippen LogP contribution < -0.4 is 4.90 Å². The van der Waals surface area contributed by atoms with E-state index in [-0.39, 0.29) is 6.04 Å². The van der Waals surface area contributed by atoms with Crippen LogP contribution >= 0.6 is 0 Å². The van der Waals surface area contributed by atoms with E-state index in [0.29, 0.717) is 28.6 Å². The fraction of sp³-hybridized carbons (Fsp3) is 0.263. The first-order valence-corrected chi connectivity index (χ1v) is 9.47. The molecule has 1 saturated heterocycles. The molecular weight excluding hydrogens is 382 g/mol. The lowest BCUT2D eigenvalue weighted by Gasteiger charge is -2.22. The number of nitrogens with zero attached hydrogens (tertiary/aromatic N) is 11. The standard InChI is InChI=1S/C19H17N11/c1-28-18(15-12-21-7-8-22-15)24-25-19(28)29-9-3-6-16(29)17-23-27-30(26-17)14-5-2-4-13(10-14)11-20/h2,4-5,7-8,10,12,16H,3,6,9H2,1H3/t16-/m1/s1. The van der Waals surface area contributed by atoms with Gasteiger partial charge in [-0.3, -0.25) is 9.55 Å². The van der Waals surface area contributed by atoms with Crippen LogP contribution in [0, 0.1) is 11.3 Å². The van der Waals surface area contributed by atoms with Gasteiger partial charge < -0.3 is 4.90 Å². The van der Waals surface area contributed by atoms with Crippen molar-refractivity contribution in [3.05, 3.63) is 54.2 Å². The molecule has 0 unspecified atom stereocenters. The first-order chi connectivity index (χ1) is 14.7. The Morgan fingerprint density at radius 2 is 2.10 bits per heavy atom. The molecule has 0 N–H and O–H groups in total. The molecule has 0 aliphatic carbocycles. The molecule has 11 heteroatoms. The SMILES string of the molecule is Cn1c(-c2cnccn2)nnc1N1CCC[C@@H]1c1nnn(-c2cccc(C#N)c2)n1. The molecule has 0 bridgehead atoms. The predicted molar refractivity (Wildman–Crippen MR) is 105 cm³/mol. The average Bonchev–Trinajstić information content (AvgIpc) is 3.53. The number of anilines is 1. The molecule has 1 aromatic carbocycles. The van der Waals surface area contributed by atoms with Gasteiger partial charge in [-0.2, -0.15) is 5.26 Å². The van der Waals surface area contributed by atoms with Crippen LogP contribution in [0.2, 0.25) is 0 Å². The number of hydrogen-bond donors (Lipinski definition) is 0. The van der Waals surface area contributed by atoms with Crippen LogP contribution in [0.4, 0.5) is 5.95 Å². The Balaban J connectivity index is 1.45. The highest BCUT2D eigenvalue weighted by molar-refractivity contribution is 5.52. The lowest BCUT2D eigenvalue weighted by molar-refractivity contribution is 0.639. The van der Waals surface area contributed by atoms with Gasteiger partial charge in [-0.25, -0.2) is 4.98 Å². The normalized spacial score (nSPS) is 16.0. The van der Waals surface area contributed by atoms with Crippen molar-refractivity contribution in [3.63, 3.8) is 0 Å². The summed E-state index contributed by atoms with van der Waals surface area (Å²) < 4.78 is 1.91. The van der Waals surface area contributed by atoms with E-state index in [4.69, 9.17) is 5.26 Å². The van der Waals surface area contributed by atoms with Crippen LogP contribution in [0.3, 0.4) is 0 Å². The van der Waals surface area contributed by atoms with Crippen LogP contribution in [0.5, 0.6) is 0 Å². The third kappa shape index (κ3) is 3.04. The maximum atomic E-state index is 9.11. The zero-order valence-corrected chi connectivity index (χ0v) is 16.2. The van der Waals surface area contributed by atoms with Crippen molar-refractivity contribution in [1.82, 2.24) is 44.9 Å². The zero-order chi connectivity index (χ0) is 20.5. The Morgan fingerprint density at radius 1 is 1.17 bits per heavy atom. The van der Waals surface area contributed by atoms with Crippen molar-refractivity contribution in [2.75, 3.05) is 11.4 Å². The van der Waals surface area contributed by atoms with Crippen LogP contribution in [0.25, 0.3) is 17.2 Å². The van der Waals surface area contributed by atoms with Crippen LogP contribution in [-0.4, -0.2) is 51.5 Å². The Hall–Kier alpha value is -4.20. The number of rotatable bonds is 4. The fourth-order valence-electron chi connectivity index (χ4n) is 3.65. The molecule has 3 aromatic heterocycles. The first kappa shape index (κ1) is 17.9. The Morgan fingerprint density at radius 3 is 2.93 bits per heavy atom. The van der Waals surface area contributed by atoms with Gasteiger partial charge in [0.1, 0.15) is 5.69 Å². The van der Waals surface area contributed by atoms with Gasteiger partial charge in [0.25, 0.3) is 0 Å². The van der Waals surface area contributed by atoms with E-state index in [1.54, 1.807) is 36.8 Å². The molecule has 1 aliphatic heterocycles. The lowest BCUT2D eigenvalue weighted by atomic mass is 10.2. The molecular formula is C19H17N11. The van der Waals surface area contributed by atoms with Crippen molar-refractivity contribution < 1.29 is 0 Å². The van der Waals surface area contributed by atoms with Gasteiger partial charge in [0.2, 0.25) is 5.95 Å². The summed E-state index contributed by atoms with van der Waals surface area (Å²) in [7, 11) is 1.91. The number of aromatic nitrogens is 9. The van der Waals surface area contributed by atoms with Gasteiger partial charge in [-0.05, 0) is 36.3 Å². The van der Waals surface area contributed by atoms with E-state index in [9.17, 15) is 0 Å². The molecule has 0 radical (unpaired) electrons. The molecule has 4 heterocycles.